The van der Waals surface area contributed by atoms with Crippen LogP contribution in [0.5, 0.6) is 0 Å². The molecule has 0 radical (unpaired) electrons. The number of rotatable bonds is 5. The third-order valence-corrected chi connectivity index (χ3v) is 4.11. The summed E-state index contributed by atoms with van der Waals surface area (Å²) in [5, 5.41) is 8.25. The maximum absolute atomic E-state index is 4.64. The molecule has 1 saturated carbocycles. The highest BCUT2D eigenvalue weighted by atomic mass is 15.2. The van der Waals surface area contributed by atoms with Gasteiger partial charge >= 0.3 is 0 Å². The molecule has 3 heteroatoms. The first-order valence-electron chi connectivity index (χ1n) is 7.51. The molecule has 1 aliphatic carbocycles. The van der Waals surface area contributed by atoms with E-state index in [-0.39, 0.29) is 0 Å². The number of hydrogen-bond acceptors (Lipinski definition) is 2. The van der Waals surface area contributed by atoms with Crippen molar-refractivity contribution in [2.75, 3.05) is 13.1 Å². The van der Waals surface area contributed by atoms with Gasteiger partial charge in [0.1, 0.15) is 0 Å². The molecular weight excluding hydrogens is 222 g/mol. The first kappa shape index (κ1) is 13.6. The standard InChI is InChI=1S/C15H27N3/c1-3-10-16-12-13-7-5-4-6-8-14(13)15-9-11-18(2)17-15/h9,11,13-14,16H,3-8,10,12H2,1-2H3. The Morgan fingerprint density at radius 1 is 1.33 bits per heavy atom. The SMILES string of the molecule is CCCNCC1CCCCCC1c1ccn(C)n1. The first-order valence-corrected chi connectivity index (χ1v) is 7.51. The summed E-state index contributed by atoms with van der Waals surface area (Å²) in [5.41, 5.74) is 1.31. The predicted molar refractivity (Wildman–Crippen MR) is 75.7 cm³/mol. The first-order chi connectivity index (χ1) is 8.81. The number of nitrogens with zero attached hydrogens (tertiary/aromatic N) is 2. The molecule has 0 amide bonds. The quantitative estimate of drug-likeness (QED) is 0.642. The summed E-state index contributed by atoms with van der Waals surface area (Å²) in [4.78, 5) is 0. The van der Waals surface area contributed by atoms with E-state index in [1.807, 2.05) is 11.7 Å². The van der Waals surface area contributed by atoms with Crippen molar-refractivity contribution in [2.45, 2.75) is 51.4 Å². The van der Waals surface area contributed by atoms with Crippen molar-refractivity contribution >= 4 is 0 Å². The van der Waals surface area contributed by atoms with E-state index in [4.69, 9.17) is 0 Å². The molecule has 0 saturated heterocycles. The van der Waals surface area contributed by atoms with Gasteiger partial charge < -0.3 is 5.32 Å². The second-order valence-electron chi connectivity index (χ2n) is 5.62. The summed E-state index contributed by atoms with van der Waals surface area (Å²) in [6.07, 6.45) is 10.1. The van der Waals surface area contributed by atoms with Crippen LogP contribution >= 0.6 is 0 Å². The molecule has 2 rings (SSSR count). The highest BCUT2D eigenvalue weighted by Gasteiger charge is 2.26. The third-order valence-electron chi connectivity index (χ3n) is 4.11. The fourth-order valence-electron chi connectivity index (χ4n) is 3.11. The summed E-state index contributed by atoms with van der Waals surface area (Å²) in [6.45, 7) is 4.54. The van der Waals surface area contributed by atoms with Gasteiger partial charge in [0, 0.05) is 19.2 Å². The molecule has 1 aliphatic rings. The van der Waals surface area contributed by atoms with Gasteiger partial charge in [0.15, 0.2) is 0 Å². The molecule has 0 bridgehead atoms. The minimum absolute atomic E-state index is 0.665. The molecule has 1 fully saturated rings. The summed E-state index contributed by atoms with van der Waals surface area (Å²) in [6, 6.07) is 2.21. The van der Waals surface area contributed by atoms with E-state index in [2.05, 4.69) is 29.6 Å². The lowest BCUT2D eigenvalue weighted by Crippen LogP contribution is -2.27. The van der Waals surface area contributed by atoms with E-state index >= 15 is 0 Å². The maximum atomic E-state index is 4.64. The van der Waals surface area contributed by atoms with Crippen molar-refractivity contribution in [1.29, 1.82) is 0 Å². The Morgan fingerprint density at radius 2 is 2.17 bits per heavy atom. The molecule has 2 unspecified atom stereocenters. The van der Waals surface area contributed by atoms with Crippen LogP contribution in [0.2, 0.25) is 0 Å². The number of aromatic nitrogens is 2. The second-order valence-corrected chi connectivity index (χ2v) is 5.62. The zero-order chi connectivity index (χ0) is 12.8. The van der Waals surface area contributed by atoms with E-state index in [0.29, 0.717) is 5.92 Å². The van der Waals surface area contributed by atoms with Crippen LogP contribution in [-0.2, 0) is 7.05 Å². The normalized spacial score (nSPS) is 25.0. The Morgan fingerprint density at radius 3 is 2.89 bits per heavy atom. The molecule has 1 heterocycles. The van der Waals surface area contributed by atoms with Gasteiger partial charge in [-0.25, -0.2) is 0 Å². The zero-order valence-corrected chi connectivity index (χ0v) is 11.9. The number of aryl methyl sites for hydroxylation is 1. The van der Waals surface area contributed by atoms with Gasteiger partial charge in [-0.15, -0.1) is 0 Å². The van der Waals surface area contributed by atoms with Gasteiger partial charge in [0.2, 0.25) is 0 Å². The molecule has 3 nitrogen and oxygen atoms in total. The molecule has 1 aromatic heterocycles. The third kappa shape index (κ3) is 3.58. The van der Waals surface area contributed by atoms with Crippen molar-refractivity contribution in [3.8, 4) is 0 Å². The summed E-state index contributed by atoms with van der Waals surface area (Å²) in [5.74, 6) is 1.44. The van der Waals surface area contributed by atoms with Gasteiger partial charge in [-0.05, 0) is 44.3 Å². The smallest absolute Gasteiger partial charge is 0.0658 e. The summed E-state index contributed by atoms with van der Waals surface area (Å²) < 4.78 is 1.94. The largest absolute Gasteiger partial charge is 0.316 e. The number of hydrogen-bond donors (Lipinski definition) is 1. The minimum atomic E-state index is 0.665. The zero-order valence-electron chi connectivity index (χ0n) is 11.9. The van der Waals surface area contributed by atoms with Crippen molar-refractivity contribution in [2.24, 2.45) is 13.0 Å². The molecule has 1 N–H and O–H groups in total. The van der Waals surface area contributed by atoms with Crippen molar-refractivity contribution in [3.05, 3.63) is 18.0 Å². The Hall–Kier alpha value is -0.830. The van der Waals surface area contributed by atoms with E-state index < -0.39 is 0 Å². The van der Waals surface area contributed by atoms with Crippen LogP contribution in [0.25, 0.3) is 0 Å². The molecule has 2 atom stereocenters. The van der Waals surface area contributed by atoms with E-state index in [1.54, 1.807) is 0 Å². The Bertz CT molecular complexity index is 345. The van der Waals surface area contributed by atoms with Crippen LogP contribution in [0.15, 0.2) is 12.3 Å². The lowest BCUT2D eigenvalue weighted by Gasteiger charge is -2.24. The highest BCUT2D eigenvalue weighted by molar-refractivity contribution is 5.09. The molecular formula is C15H27N3. The van der Waals surface area contributed by atoms with Crippen LogP contribution in [0.4, 0.5) is 0 Å². The van der Waals surface area contributed by atoms with E-state index in [9.17, 15) is 0 Å². The van der Waals surface area contributed by atoms with Crippen LogP contribution < -0.4 is 5.32 Å². The number of nitrogens with one attached hydrogen (secondary N) is 1. The van der Waals surface area contributed by atoms with Crippen LogP contribution in [0, 0.1) is 5.92 Å². The monoisotopic (exact) mass is 249 g/mol. The van der Waals surface area contributed by atoms with Crippen molar-refractivity contribution in [3.63, 3.8) is 0 Å². The van der Waals surface area contributed by atoms with E-state index in [1.165, 1.54) is 44.2 Å². The minimum Gasteiger partial charge on any atom is -0.316 e. The van der Waals surface area contributed by atoms with Crippen molar-refractivity contribution < 1.29 is 0 Å². The topological polar surface area (TPSA) is 29.9 Å². The molecule has 0 aromatic carbocycles. The molecule has 18 heavy (non-hydrogen) atoms. The molecule has 0 aliphatic heterocycles. The Balaban J connectivity index is 2.01. The summed E-state index contributed by atoms with van der Waals surface area (Å²) >= 11 is 0. The average molecular weight is 249 g/mol. The second kappa shape index (κ2) is 6.93. The highest BCUT2D eigenvalue weighted by Crippen LogP contribution is 2.35. The van der Waals surface area contributed by atoms with Gasteiger partial charge in [0.05, 0.1) is 5.69 Å². The summed E-state index contributed by atoms with van der Waals surface area (Å²) in [7, 11) is 2.02. The molecule has 0 spiro atoms. The Kier molecular flexibility index (Phi) is 5.24. The lowest BCUT2D eigenvalue weighted by atomic mass is 9.85. The lowest BCUT2D eigenvalue weighted by molar-refractivity contribution is 0.368. The fraction of sp³-hybridized carbons (Fsp3) is 0.800. The van der Waals surface area contributed by atoms with E-state index in [0.717, 1.165) is 19.0 Å². The van der Waals surface area contributed by atoms with Crippen LogP contribution in [-0.4, -0.2) is 22.9 Å². The predicted octanol–water partition coefficient (Wildman–Crippen LogP) is 3.08. The average Bonchev–Trinajstić information content (AvgIpc) is 2.65. The molecule has 1 aromatic rings. The van der Waals surface area contributed by atoms with Crippen molar-refractivity contribution in [1.82, 2.24) is 15.1 Å². The maximum Gasteiger partial charge on any atom is 0.0658 e. The van der Waals surface area contributed by atoms with Crippen LogP contribution in [0.3, 0.4) is 0 Å². The van der Waals surface area contributed by atoms with Crippen LogP contribution in [0.1, 0.15) is 57.1 Å². The van der Waals surface area contributed by atoms with Gasteiger partial charge in [-0.3, -0.25) is 4.68 Å². The van der Waals surface area contributed by atoms with Gasteiger partial charge in [-0.1, -0.05) is 26.2 Å². The fourth-order valence-corrected chi connectivity index (χ4v) is 3.11. The van der Waals surface area contributed by atoms with Gasteiger partial charge in [-0.2, -0.15) is 5.10 Å². The Labute approximate surface area is 111 Å². The molecule has 102 valence electrons. The van der Waals surface area contributed by atoms with Gasteiger partial charge in [0.25, 0.3) is 0 Å².